The molecule has 2 aromatic heterocycles. The molecule has 0 saturated carbocycles. The van der Waals surface area contributed by atoms with E-state index in [1.807, 2.05) is 42.2 Å². The highest BCUT2D eigenvalue weighted by atomic mass is 16.2. The van der Waals surface area contributed by atoms with Gasteiger partial charge >= 0.3 is 0 Å². The van der Waals surface area contributed by atoms with Crippen LogP contribution in [0.2, 0.25) is 0 Å². The first-order valence-electron chi connectivity index (χ1n) is 8.96. The Hall–Kier alpha value is -3.29. The Bertz CT molecular complexity index is 900. The van der Waals surface area contributed by atoms with Crippen LogP contribution in [0.1, 0.15) is 11.1 Å². The third-order valence-corrected chi connectivity index (χ3v) is 4.68. The molecule has 0 radical (unpaired) electrons. The molecule has 3 aromatic rings. The van der Waals surface area contributed by atoms with Gasteiger partial charge in [-0.2, -0.15) is 5.10 Å². The Labute approximate surface area is 157 Å². The van der Waals surface area contributed by atoms with E-state index in [9.17, 15) is 4.79 Å². The number of amides is 1. The van der Waals surface area contributed by atoms with Crippen molar-refractivity contribution in [1.29, 1.82) is 0 Å². The summed E-state index contributed by atoms with van der Waals surface area (Å²) in [6.45, 7) is 4.92. The molecular formula is C19H21N7O. The van der Waals surface area contributed by atoms with Crippen molar-refractivity contribution in [3.05, 3.63) is 60.2 Å². The summed E-state index contributed by atoms with van der Waals surface area (Å²) in [4.78, 5) is 20.5. The van der Waals surface area contributed by atoms with Crippen LogP contribution in [-0.2, 0) is 11.2 Å². The van der Waals surface area contributed by atoms with E-state index in [2.05, 4.69) is 31.2 Å². The Kier molecular flexibility index (Phi) is 4.78. The maximum Gasteiger partial charge on any atom is 0.227 e. The Morgan fingerprint density at radius 2 is 1.81 bits per heavy atom. The SMILES string of the molecule is Cc1cccc(CC(=O)N2CCN(c3ccc(-n4cncn4)nn3)CC2)c1. The summed E-state index contributed by atoms with van der Waals surface area (Å²) in [6.07, 6.45) is 3.50. The summed E-state index contributed by atoms with van der Waals surface area (Å²) in [5.41, 5.74) is 2.25. The molecule has 8 heteroatoms. The highest BCUT2D eigenvalue weighted by molar-refractivity contribution is 5.79. The maximum atomic E-state index is 12.6. The third kappa shape index (κ3) is 3.94. The van der Waals surface area contributed by atoms with Crippen molar-refractivity contribution < 1.29 is 4.79 Å². The van der Waals surface area contributed by atoms with Gasteiger partial charge < -0.3 is 9.80 Å². The predicted molar refractivity (Wildman–Crippen MR) is 101 cm³/mol. The van der Waals surface area contributed by atoms with Gasteiger partial charge in [-0.3, -0.25) is 4.79 Å². The first kappa shape index (κ1) is 17.1. The molecule has 1 amide bonds. The molecule has 1 fully saturated rings. The third-order valence-electron chi connectivity index (χ3n) is 4.68. The van der Waals surface area contributed by atoms with Crippen LogP contribution in [0.4, 0.5) is 5.82 Å². The molecule has 27 heavy (non-hydrogen) atoms. The minimum Gasteiger partial charge on any atom is -0.352 e. The number of benzene rings is 1. The van der Waals surface area contributed by atoms with E-state index in [0.29, 0.717) is 25.3 Å². The fraction of sp³-hybridized carbons (Fsp3) is 0.316. The number of piperazine rings is 1. The summed E-state index contributed by atoms with van der Waals surface area (Å²) < 4.78 is 1.57. The van der Waals surface area contributed by atoms with Crippen LogP contribution in [0.15, 0.2) is 49.1 Å². The fourth-order valence-corrected chi connectivity index (χ4v) is 3.23. The zero-order valence-electron chi connectivity index (χ0n) is 15.2. The second kappa shape index (κ2) is 7.53. The lowest BCUT2D eigenvalue weighted by molar-refractivity contribution is -0.130. The van der Waals surface area contributed by atoms with E-state index in [1.54, 1.807) is 11.0 Å². The van der Waals surface area contributed by atoms with Crippen molar-refractivity contribution in [3.63, 3.8) is 0 Å². The number of hydrogen-bond acceptors (Lipinski definition) is 6. The number of anilines is 1. The number of carbonyl (C=O) groups is 1. The van der Waals surface area contributed by atoms with Gasteiger partial charge in [0.05, 0.1) is 6.42 Å². The van der Waals surface area contributed by atoms with E-state index in [0.717, 1.165) is 24.5 Å². The van der Waals surface area contributed by atoms with Crippen LogP contribution in [0.3, 0.4) is 0 Å². The Balaban J connectivity index is 1.34. The van der Waals surface area contributed by atoms with Gasteiger partial charge in [-0.05, 0) is 24.6 Å². The summed E-state index contributed by atoms with van der Waals surface area (Å²) in [5, 5.41) is 12.5. The molecule has 1 aliphatic heterocycles. The monoisotopic (exact) mass is 363 g/mol. The highest BCUT2D eigenvalue weighted by Gasteiger charge is 2.22. The zero-order valence-corrected chi connectivity index (χ0v) is 15.2. The maximum absolute atomic E-state index is 12.6. The molecule has 4 rings (SSSR count). The Morgan fingerprint density at radius 1 is 1.04 bits per heavy atom. The molecule has 3 heterocycles. The number of aryl methyl sites for hydroxylation is 1. The quantitative estimate of drug-likeness (QED) is 0.694. The highest BCUT2D eigenvalue weighted by Crippen LogP contribution is 2.15. The molecule has 1 saturated heterocycles. The van der Waals surface area contributed by atoms with Gasteiger partial charge in [-0.1, -0.05) is 29.8 Å². The zero-order chi connectivity index (χ0) is 18.6. The molecular weight excluding hydrogens is 342 g/mol. The summed E-state index contributed by atoms with van der Waals surface area (Å²) >= 11 is 0. The van der Waals surface area contributed by atoms with Crippen molar-refractivity contribution >= 4 is 11.7 Å². The number of hydrogen-bond donors (Lipinski definition) is 0. The predicted octanol–water partition coefficient (Wildman–Crippen LogP) is 1.26. The van der Waals surface area contributed by atoms with Crippen LogP contribution in [-0.4, -0.2) is 61.9 Å². The molecule has 0 aliphatic carbocycles. The van der Waals surface area contributed by atoms with Gasteiger partial charge in [-0.15, -0.1) is 10.2 Å². The molecule has 138 valence electrons. The normalized spacial score (nSPS) is 14.4. The van der Waals surface area contributed by atoms with Crippen LogP contribution >= 0.6 is 0 Å². The number of carbonyl (C=O) groups excluding carboxylic acids is 1. The van der Waals surface area contributed by atoms with Crippen LogP contribution in [0.25, 0.3) is 5.82 Å². The topological polar surface area (TPSA) is 80.0 Å². The van der Waals surface area contributed by atoms with Crippen molar-refractivity contribution in [2.45, 2.75) is 13.3 Å². The molecule has 0 spiro atoms. The van der Waals surface area contributed by atoms with Crippen LogP contribution in [0.5, 0.6) is 0 Å². The first-order valence-corrected chi connectivity index (χ1v) is 8.96. The fourth-order valence-electron chi connectivity index (χ4n) is 3.23. The lowest BCUT2D eigenvalue weighted by Gasteiger charge is -2.35. The molecule has 8 nitrogen and oxygen atoms in total. The van der Waals surface area contributed by atoms with Crippen LogP contribution in [0, 0.1) is 6.92 Å². The number of aromatic nitrogens is 5. The van der Waals surface area contributed by atoms with E-state index in [4.69, 9.17) is 0 Å². The Morgan fingerprint density at radius 3 is 2.48 bits per heavy atom. The minimum absolute atomic E-state index is 0.174. The summed E-state index contributed by atoms with van der Waals surface area (Å²) in [5.74, 6) is 1.61. The van der Waals surface area contributed by atoms with E-state index in [1.165, 1.54) is 11.9 Å². The average molecular weight is 363 g/mol. The van der Waals surface area contributed by atoms with Crippen molar-refractivity contribution in [3.8, 4) is 5.82 Å². The number of rotatable bonds is 4. The van der Waals surface area contributed by atoms with Crippen molar-refractivity contribution in [1.82, 2.24) is 29.9 Å². The molecule has 0 atom stereocenters. The van der Waals surface area contributed by atoms with Gasteiger partial charge in [0.15, 0.2) is 11.6 Å². The van der Waals surface area contributed by atoms with Gasteiger partial charge in [0.2, 0.25) is 5.91 Å². The van der Waals surface area contributed by atoms with E-state index < -0.39 is 0 Å². The standard InChI is InChI=1S/C19H21N7O/c1-15-3-2-4-16(11-15)12-19(27)25-9-7-24(8-10-25)17-5-6-18(23-22-17)26-14-20-13-21-26/h2-6,11,13-14H,7-10,12H2,1H3. The lowest BCUT2D eigenvalue weighted by Crippen LogP contribution is -2.49. The van der Waals surface area contributed by atoms with Crippen molar-refractivity contribution in [2.75, 3.05) is 31.1 Å². The van der Waals surface area contributed by atoms with E-state index >= 15 is 0 Å². The smallest absolute Gasteiger partial charge is 0.227 e. The van der Waals surface area contributed by atoms with Gasteiger partial charge in [0.25, 0.3) is 0 Å². The second-order valence-electron chi connectivity index (χ2n) is 6.62. The summed E-state index contributed by atoms with van der Waals surface area (Å²) in [6, 6.07) is 11.9. The van der Waals surface area contributed by atoms with Gasteiger partial charge in [-0.25, -0.2) is 9.67 Å². The first-order chi connectivity index (χ1) is 13.2. The summed E-state index contributed by atoms with van der Waals surface area (Å²) in [7, 11) is 0. The van der Waals surface area contributed by atoms with Crippen molar-refractivity contribution in [2.24, 2.45) is 0 Å². The van der Waals surface area contributed by atoms with Crippen LogP contribution < -0.4 is 4.90 Å². The molecule has 1 aromatic carbocycles. The average Bonchev–Trinajstić information content (AvgIpc) is 3.23. The lowest BCUT2D eigenvalue weighted by atomic mass is 10.1. The molecule has 1 aliphatic rings. The largest absolute Gasteiger partial charge is 0.352 e. The van der Waals surface area contributed by atoms with E-state index in [-0.39, 0.29) is 5.91 Å². The second-order valence-corrected chi connectivity index (χ2v) is 6.62. The number of nitrogens with zero attached hydrogens (tertiary/aromatic N) is 7. The molecule has 0 N–H and O–H groups in total. The molecule has 0 unspecified atom stereocenters. The molecule has 0 bridgehead atoms. The van der Waals surface area contributed by atoms with Gasteiger partial charge in [0.1, 0.15) is 12.7 Å². The van der Waals surface area contributed by atoms with Gasteiger partial charge in [0, 0.05) is 26.2 Å². The minimum atomic E-state index is 0.174.